The molecule has 0 spiro atoms. The first-order valence-corrected chi connectivity index (χ1v) is 11.8. The van der Waals surface area contributed by atoms with Gasteiger partial charge < -0.3 is 9.47 Å². The highest BCUT2D eigenvalue weighted by molar-refractivity contribution is 5.88. The van der Waals surface area contributed by atoms with Gasteiger partial charge in [0.15, 0.2) is 11.7 Å². The first-order valence-electron chi connectivity index (χ1n) is 11.8. The molecule has 2 aromatic carbocycles. The van der Waals surface area contributed by atoms with Crippen molar-refractivity contribution >= 4 is 33.8 Å². The van der Waals surface area contributed by atoms with Crippen LogP contribution in [0.5, 0.6) is 0 Å². The lowest BCUT2D eigenvalue weighted by Gasteiger charge is -2.36. The number of halogens is 1. The molecule has 6 rings (SSSR count). The molecule has 4 aromatic rings. The number of pyridine rings is 2. The van der Waals surface area contributed by atoms with Crippen LogP contribution in [0.25, 0.3) is 21.8 Å². The second-order valence-corrected chi connectivity index (χ2v) is 9.25. The van der Waals surface area contributed by atoms with Crippen LogP contribution >= 0.6 is 0 Å². The molecule has 3 heterocycles. The molecule has 1 saturated carbocycles. The van der Waals surface area contributed by atoms with Gasteiger partial charge in [0.25, 0.3) is 0 Å². The van der Waals surface area contributed by atoms with Gasteiger partial charge in [-0.25, -0.2) is 4.39 Å². The van der Waals surface area contributed by atoms with E-state index in [0.717, 1.165) is 43.4 Å². The molecule has 6 nitrogen and oxygen atoms in total. The molecule has 0 amide bonds. The maximum Gasteiger partial charge on any atom is 0.199 e. The smallest absolute Gasteiger partial charge is 0.199 e. The van der Waals surface area contributed by atoms with Crippen LogP contribution in [-0.2, 0) is 6.54 Å². The van der Waals surface area contributed by atoms with Gasteiger partial charge in [-0.2, -0.15) is 0 Å². The van der Waals surface area contributed by atoms with E-state index in [9.17, 15) is 9.59 Å². The van der Waals surface area contributed by atoms with Crippen LogP contribution < -0.4 is 10.3 Å². The summed E-state index contributed by atoms with van der Waals surface area (Å²) in [5.41, 5.74) is 3.14. The molecule has 1 saturated heterocycles. The average Bonchev–Trinajstić information content (AvgIpc) is 3.71. The summed E-state index contributed by atoms with van der Waals surface area (Å²) < 4.78 is 17.2. The Hall–Kier alpha value is -3.58. The number of rotatable bonds is 5. The minimum absolute atomic E-state index is 0.0862. The normalized spacial score (nSPS) is 16.9. The van der Waals surface area contributed by atoms with E-state index >= 15 is 4.39 Å². The van der Waals surface area contributed by atoms with Crippen LogP contribution in [0, 0.1) is 5.82 Å². The second-order valence-electron chi connectivity index (χ2n) is 9.25. The molecule has 7 heteroatoms. The van der Waals surface area contributed by atoms with Gasteiger partial charge in [0.1, 0.15) is 5.82 Å². The number of hydrogen-bond donors (Lipinski definition) is 0. The van der Waals surface area contributed by atoms with Crippen molar-refractivity contribution in [2.24, 2.45) is 0 Å². The highest BCUT2D eigenvalue weighted by Crippen LogP contribution is 2.38. The second kappa shape index (κ2) is 8.33. The minimum Gasteiger partial charge on any atom is -0.367 e. The number of nitrogens with zero attached hydrogens (tertiary/aromatic N) is 4. The Morgan fingerprint density at radius 1 is 1.06 bits per heavy atom. The maximum atomic E-state index is 15.2. The lowest BCUT2D eigenvalue weighted by atomic mass is 10.1. The number of carbonyl (C=O) groups is 1. The Morgan fingerprint density at radius 3 is 2.62 bits per heavy atom. The molecule has 0 N–H and O–H groups in total. The number of benzene rings is 2. The fraction of sp³-hybridized carbons (Fsp3) is 0.296. The van der Waals surface area contributed by atoms with Gasteiger partial charge >= 0.3 is 0 Å². The largest absolute Gasteiger partial charge is 0.367 e. The van der Waals surface area contributed by atoms with Crippen LogP contribution in [0.15, 0.2) is 59.7 Å². The summed E-state index contributed by atoms with van der Waals surface area (Å²) in [5.74, 6) is -0.415. The summed E-state index contributed by atoms with van der Waals surface area (Å²) >= 11 is 0. The van der Waals surface area contributed by atoms with E-state index in [4.69, 9.17) is 0 Å². The molecule has 2 aliphatic rings. The van der Waals surface area contributed by atoms with Crippen molar-refractivity contribution in [1.29, 1.82) is 0 Å². The third-order valence-electron chi connectivity index (χ3n) is 7.02. The number of piperazine rings is 1. The van der Waals surface area contributed by atoms with Crippen LogP contribution in [-0.4, -0.2) is 46.9 Å². The molecule has 0 bridgehead atoms. The van der Waals surface area contributed by atoms with E-state index in [0.29, 0.717) is 30.6 Å². The fourth-order valence-corrected chi connectivity index (χ4v) is 5.04. The van der Waals surface area contributed by atoms with E-state index in [1.54, 1.807) is 12.3 Å². The molecule has 2 aromatic heterocycles. The van der Waals surface area contributed by atoms with E-state index in [1.807, 2.05) is 16.8 Å². The summed E-state index contributed by atoms with van der Waals surface area (Å²) in [6, 6.07) is 13.7. The quantitative estimate of drug-likeness (QED) is 0.422. The highest BCUT2D eigenvalue weighted by Gasteiger charge is 2.27. The van der Waals surface area contributed by atoms with Gasteiger partial charge in [-0.05, 0) is 36.6 Å². The van der Waals surface area contributed by atoms with Crippen LogP contribution in [0.1, 0.15) is 34.8 Å². The van der Waals surface area contributed by atoms with Crippen molar-refractivity contribution in [3.63, 3.8) is 0 Å². The Labute approximate surface area is 196 Å². The fourth-order valence-electron chi connectivity index (χ4n) is 5.04. The van der Waals surface area contributed by atoms with Gasteiger partial charge in [0.2, 0.25) is 0 Å². The highest BCUT2D eigenvalue weighted by atomic mass is 19.1. The predicted octanol–water partition coefficient (Wildman–Crippen LogP) is 4.16. The standard InChI is InChI=1S/C27H25FN4O2/c28-23-13-22-24(32(21-6-7-21)16-20(17-33)27(22)34)14-25(23)31-11-9-30(10-12-31)15-19-4-1-3-18-5-2-8-29-26(18)19/h1-5,8,13-14,16-17,21H,6-7,9-12,15H2. The van der Waals surface area contributed by atoms with Crippen molar-refractivity contribution in [3.05, 3.63) is 82.0 Å². The van der Waals surface area contributed by atoms with Crippen LogP contribution in [0.2, 0.25) is 0 Å². The summed E-state index contributed by atoms with van der Waals surface area (Å²) in [6.07, 6.45) is 6.03. The molecule has 2 fully saturated rings. The number of aldehydes is 1. The van der Waals surface area contributed by atoms with Crippen molar-refractivity contribution in [2.75, 3.05) is 31.1 Å². The van der Waals surface area contributed by atoms with Crippen molar-refractivity contribution in [3.8, 4) is 0 Å². The predicted molar refractivity (Wildman–Crippen MR) is 131 cm³/mol. The summed E-state index contributed by atoms with van der Waals surface area (Å²) in [4.78, 5) is 33.0. The third kappa shape index (κ3) is 3.66. The number of para-hydroxylation sites is 1. The minimum atomic E-state index is -0.415. The summed E-state index contributed by atoms with van der Waals surface area (Å²) in [6.45, 7) is 3.81. The van der Waals surface area contributed by atoms with Crippen molar-refractivity contribution in [2.45, 2.75) is 25.4 Å². The van der Waals surface area contributed by atoms with Crippen LogP contribution in [0.3, 0.4) is 0 Å². The van der Waals surface area contributed by atoms with Gasteiger partial charge in [-0.1, -0.05) is 24.3 Å². The monoisotopic (exact) mass is 456 g/mol. The molecular weight excluding hydrogens is 431 g/mol. The van der Waals surface area contributed by atoms with Gasteiger partial charge in [-0.15, -0.1) is 0 Å². The Bertz CT molecular complexity index is 1460. The summed E-state index contributed by atoms with van der Waals surface area (Å²) in [5, 5.41) is 1.41. The Morgan fingerprint density at radius 2 is 1.85 bits per heavy atom. The van der Waals surface area contributed by atoms with Crippen LogP contribution in [0.4, 0.5) is 10.1 Å². The number of aromatic nitrogens is 2. The molecule has 0 radical (unpaired) electrons. The average molecular weight is 457 g/mol. The summed E-state index contributed by atoms with van der Waals surface area (Å²) in [7, 11) is 0. The maximum absolute atomic E-state index is 15.2. The number of fused-ring (bicyclic) bond motifs is 2. The topological polar surface area (TPSA) is 58.4 Å². The molecule has 1 aliphatic carbocycles. The van der Waals surface area contributed by atoms with E-state index in [2.05, 4.69) is 39.0 Å². The molecule has 0 unspecified atom stereocenters. The van der Waals surface area contributed by atoms with Gasteiger partial charge in [-0.3, -0.25) is 19.5 Å². The Balaban J connectivity index is 1.26. The zero-order chi connectivity index (χ0) is 23.2. The van der Waals surface area contributed by atoms with E-state index < -0.39 is 11.2 Å². The van der Waals surface area contributed by atoms with Gasteiger partial charge in [0.05, 0.1) is 22.3 Å². The zero-order valence-electron chi connectivity index (χ0n) is 18.8. The van der Waals surface area contributed by atoms with Gasteiger partial charge in [0, 0.05) is 61.9 Å². The first kappa shape index (κ1) is 21.0. The molecule has 1 aliphatic heterocycles. The SMILES string of the molecule is O=Cc1cn(C2CC2)c2cc(N3CCN(Cc4cccc5cccnc45)CC3)c(F)cc2c1=O. The Kier molecular flexibility index (Phi) is 5.14. The molecule has 34 heavy (non-hydrogen) atoms. The third-order valence-corrected chi connectivity index (χ3v) is 7.02. The molecular formula is C27H25FN4O2. The van der Waals surface area contributed by atoms with Crippen molar-refractivity contribution in [1.82, 2.24) is 14.5 Å². The lowest BCUT2D eigenvalue weighted by molar-refractivity contribution is 0.112. The molecule has 0 atom stereocenters. The van der Waals surface area contributed by atoms with E-state index in [-0.39, 0.29) is 17.0 Å². The van der Waals surface area contributed by atoms with Crippen molar-refractivity contribution < 1.29 is 9.18 Å². The lowest BCUT2D eigenvalue weighted by Crippen LogP contribution is -2.46. The number of anilines is 1. The zero-order valence-corrected chi connectivity index (χ0v) is 18.8. The first-order chi connectivity index (χ1) is 16.6. The van der Waals surface area contributed by atoms with E-state index in [1.165, 1.54) is 11.6 Å². The number of hydrogen-bond acceptors (Lipinski definition) is 5. The molecule has 172 valence electrons. The number of carbonyl (C=O) groups excluding carboxylic acids is 1.